The predicted molar refractivity (Wildman–Crippen MR) is 96.7 cm³/mol. The van der Waals surface area contributed by atoms with Crippen LogP contribution in [-0.4, -0.2) is 23.7 Å². The third-order valence-electron chi connectivity index (χ3n) is 3.98. The van der Waals surface area contributed by atoms with Crippen LogP contribution in [-0.2, 0) is 13.0 Å². The smallest absolute Gasteiger partial charge is 0.226 e. The lowest BCUT2D eigenvalue weighted by Gasteiger charge is -2.07. The average molecular weight is 338 g/mol. The van der Waals surface area contributed by atoms with E-state index in [4.69, 9.17) is 9.15 Å². The highest BCUT2D eigenvalue weighted by atomic mass is 16.5. The molecule has 2 aromatic carbocycles. The van der Waals surface area contributed by atoms with Gasteiger partial charge in [0.15, 0.2) is 11.5 Å². The van der Waals surface area contributed by atoms with Crippen molar-refractivity contribution < 1.29 is 14.3 Å². The molecular weight excluding hydrogens is 316 g/mol. The summed E-state index contributed by atoms with van der Waals surface area (Å²) in [5, 5.41) is 13.1. The largest absolute Gasteiger partial charge is 0.504 e. The summed E-state index contributed by atoms with van der Waals surface area (Å²) < 4.78 is 10.6. The highest BCUT2D eigenvalue weighted by Gasteiger charge is 2.07. The quantitative estimate of drug-likeness (QED) is 0.643. The van der Waals surface area contributed by atoms with Crippen LogP contribution in [0.2, 0.25) is 0 Å². The van der Waals surface area contributed by atoms with Crippen molar-refractivity contribution >= 4 is 0 Å². The number of phenolic OH excluding ortho intramolecular Hbond substituents is 1. The summed E-state index contributed by atoms with van der Waals surface area (Å²) in [6.45, 7) is 3.49. The lowest BCUT2D eigenvalue weighted by molar-refractivity contribution is 0.373. The highest BCUT2D eigenvalue weighted by molar-refractivity contribution is 5.53. The molecular formula is C20H22N2O3. The number of hydrogen-bond acceptors (Lipinski definition) is 5. The van der Waals surface area contributed by atoms with Crippen molar-refractivity contribution in [2.75, 3.05) is 13.7 Å². The maximum absolute atomic E-state index is 9.78. The van der Waals surface area contributed by atoms with Gasteiger partial charge in [-0.05, 0) is 36.8 Å². The number of nitrogens with zero attached hydrogens (tertiary/aromatic N) is 1. The number of oxazole rings is 1. The molecule has 0 bridgehead atoms. The zero-order valence-electron chi connectivity index (χ0n) is 14.5. The van der Waals surface area contributed by atoms with Crippen molar-refractivity contribution in [3.8, 4) is 23.0 Å². The maximum atomic E-state index is 9.78. The van der Waals surface area contributed by atoms with Gasteiger partial charge in [0.1, 0.15) is 6.26 Å². The van der Waals surface area contributed by atoms with Gasteiger partial charge in [-0.15, -0.1) is 0 Å². The molecule has 0 saturated carbocycles. The Morgan fingerprint density at radius 2 is 1.96 bits per heavy atom. The molecule has 3 rings (SSSR count). The van der Waals surface area contributed by atoms with E-state index < -0.39 is 0 Å². The molecule has 5 nitrogen and oxygen atoms in total. The van der Waals surface area contributed by atoms with Crippen LogP contribution in [0.4, 0.5) is 0 Å². The van der Waals surface area contributed by atoms with E-state index in [2.05, 4.69) is 17.2 Å². The van der Waals surface area contributed by atoms with Gasteiger partial charge in [0.05, 0.1) is 12.8 Å². The minimum Gasteiger partial charge on any atom is -0.504 e. The van der Waals surface area contributed by atoms with Gasteiger partial charge in [0.2, 0.25) is 5.89 Å². The molecule has 1 aromatic heterocycles. The topological polar surface area (TPSA) is 67.5 Å². The number of nitrogens with one attached hydrogen (secondary N) is 1. The SMILES string of the molecule is COc1ccc(CNCCc2coc(-c3ccc(C)cc3)n2)cc1O. The molecule has 0 radical (unpaired) electrons. The Kier molecular flexibility index (Phi) is 5.36. The Hall–Kier alpha value is -2.79. The van der Waals surface area contributed by atoms with E-state index in [1.807, 2.05) is 30.3 Å². The number of aromatic hydroxyl groups is 1. The van der Waals surface area contributed by atoms with Gasteiger partial charge in [-0.25, -0.2) is 4.98 Å². The number of aryl methyl sites for hydroxylation is 1. The zero-order chi connectivity index (χ0) is 17.6. The van der Waals surface area contributed by atoms with Gasteiger partial charge in [-0.2, -0.15) is 0 Å². The summed E-state index contributed by atoms with van der Waals surface area (Å²) in [6.07, 6.45) is 2.48. The molecule has 0 aliphatic rings. The van der Waals surface area contributed by atoms with Gasteiger partial charge in [0, 0.05) is 25.1 Å². The molecule has 0 spiro atoms. The van der Waals surface area contributed by atoms with Gasteiger partial charge in [-0.3, -0.25) is 0 Å². The molecule has 130 valence electrons. The van der Waals surface area contributed by atoms with Crippen LogP contribution in [0.15, 0.2) is 53.1 Å². The van der Waals surface area contributed by atoms with Gasteiger partial charge in [0.25, 0.3) is 0 Å². The monoisotopic (exact) mass is 338 g/mol. The Labute approximate surface area is 147 Å². The van der Waals surface area contributed by atoms with Crippen LogP contribution >= 0.6 is 0 Å². The molecule has 5 heteroatoms. The molecule has 2 N–H and O–H groups in total. The first kappa shape index (κ1) is 17.0. The lowest BCUT2D eigenvalue weighted by atomic mass is 10.1. The molecule has 1 heterocycles. The summed E-state index contributed by atoms with van der Waals surface area (Å²) >= 11 is 0. The van der Waals surface area contributed by atoms with E-state index in [1.165, 1.54) is 12.7 Å². The summed E-state index contributed by atoms with van der Waals surface area (Å²) in [7, 11) is 1.54. The molecule has 0 unspecified atom stereocenters. The van der Waals surface area contributed by atoms with Crippen LogP contribution in [0.1, 0.15) is 16.8 Å². The van der Waals surface area contributed by atoms with Crippen LogP contribution in [0, 0.1) is 6.92 Å². The number of aromatic nitrogens is 1. The van der Waals surface area contributed by atoms with E-state index in [0.29, 0.717) is 18.2 Å². The van der Waals surface area contributed by atoms with Crippen molar-refractivity contribution in [3.05, 3.63) is 65.5 Å². The Balaban J connectivity index is 1.49. The first-order valence-corrected chi connectivity index (χ1v) is 8.24. The van der Waals surface area contributed by atoms with Crippen molar-refractivity contribution in [2.45, 2.75) is 19.9 Å². The second-order valence-corrected chi connectivity index (χ2v) is 5.94. The number of ether oxygens (including phenoxy) is 1. The first-order chi connectivity index (χ1) is 12.2. The van der Waals surface area contributed by atoms with Gasteiger partial charge >= 0.3 is 0 Å². The van der Waals surface area contributed by atoms with Crippen LogP contribution in [0.3, 0.4) is 0 Å². The fourth-order valence-electron chi connectivity index (χ4n) is 2.55. The standard InChI is InChI=1S/C20H22N2O3/c1-14-3-6-16(7-4-14)20-22-17(13-25-20)9-10-21-12-15-5-8-19(24-2)18(23)11-15/h3-8,11,13,21,23H,9-10,12H2,1-2H3. The van der Waals surface area contributed by atoms with Crippen molar-refractivity contribution in [3.63, 3.8) is 0 Å². The number of rotatable bonds is 7. The molecule has 0 atom stereocenters. The van der Waals surface area contributed by atoms with E-state index in [0.717, 1.165) is 29.8 Å². The van der Waals surface area contributed by atoms with E-state index >= 15 is 0 Å². The molecule has 3 aromatic rings. The van der Waals surface area contributed by atoms with Crippen molar-refractivity contribution in [1.29, 1.82) is 0 Å². The molecule has 0 fully saturated rings. The van der Waals surface area contributed by atoms with E-state index in [9.17, 15) is 5.11 Å². The van der Waals surface area contributed by atoms with Crippen LogP contribution in [0.25, 0.3) is 11.5 Å². The number of phenols is 1. The Morgan fingerprint density at radius 1 is 1.16 bits per heavy atom. The van der Waals surface area contributed by atoms with Crippen molar-refractivity contribution in [1.82, 2.24) is 10.3 Å². The molecule has 0 amide bonds. The predicted octanol–water partition coefficient (Wildman–Crippen LogP) is 3.70. The molecule has 0 saturated heterocycles. The molecule has 0 aliphatic heterocycles. The summed E-state index contributed by atoms with van der Waals surface area (Å²) in [5.74, 6) is 1.28. The van der Waals surface area contributed by atoms with E-state index in [1.54, 1.807) is 18.4 Å². The minimum atomic E-state index is 0.154. The number of hydrogen-bond donors (Lipinski definition) is 2. The maximum Gasteiger partial charge on any atom is 0.226 e. The number of benzene rings is 2. The van der Waals surface area contributed by atoms with Crippen molar-refractivity contribution in [2.24, 2.45) is 0 Å². The minimum absolute atomic E-state index is 0.154. The highest BCUT2D eigenvalue weighted by Crippen LogP contribution is 2.26. The van der Waals surface area contributed by atoms with Crippen LogP contribution in [0.5, 0.6) is 11.5 Å². The number of methoxy groups -OCH3 is 1. The Morgan fingerprint density at radius 3 is 2.68 bits per heavy atom. The fraction of sp³-hybridized carbons (Fsp3) is 0.250. The second-order valence-electron chi connectivity index (χ2n) is 5.94. The summed E-state index contributed by atoms with van der Waals surface area (Å²) in [4.78, 5) is 4.53. The molecule has 25 heavy (non-hydrogen) atoms. The van der Waals surface area contributed by atoms with Gasteiger partial charge in [-0.1, -0.05) is 23.8 Å². The Bertz CT molecular complexity index is 825. The fourth-order valence-corrected chi connectivity index (χ4v) is 2.55. The third-order valence-corrected chi connectivity index (χ3v) is 3.98. The van der Waals surface area contributed by atoms with E-state index in [-0.39, 0.29) is 5.75 Å². The second kappa shape index (κ2) is 7.85. The van der Waals surface area contributed by atoms with Crippen LogP contribution < -0.4 is 10.1 Å². The summed E-state index contributed by atoms with van der Waals surface area (Å²) in [5.41, 5.74) is 4.11. The van der Waals surface area contributed by atoms with Gasteiger partial charge < -0.3 is 19.6 Å². The summed E-state index contributed by atoms with van der Waals surface area (Å²) in [6, 6.07) is 13.5. The lowest BCUT2D eigenvalue weighted by Crippen LogP contribution is -2.16. The third kappa shape index (κ3) is 4.39. The molecule has 0 aliphatic carbocycles. The zero-order valence-corrected chi connectivity index (χ0v) is 14.5. The average Bonchev–Trinajstić information content (AvgIpc) is 3.08. The first-order valence-electron chi connectivity index (χ1n) is 8.24. The normalized spacial score (nSPS) is 10.8.